The fourth-order valence-electron chi connectivity index (χ4n) is 3.83. The van der Waals surface area contributed by atoms with E-state index in [1.54, 1.807) is 67.6 Å². The first-order chi connectivity index (χ1) is 18.4. The molecule has 0 saturated carbocycles. The van der Waals surface area contributed by atoms with Crippen LogP contribution in [0.25, 0.3) is 0 Å². The van der Waals surface area contributed by atoms with E-state index in [0.29, 0.717) is 27.8 Å². The number of benzene rings is 3. The highest BCUT2D eigenvalue weighted by Gasteiger charge is 2.32. The minimum atomic E-state index is -4.10. The molecule has 3 aromatic carbocycles. The lowest BCUT2D eigenvalue weighted by Gasteiger charge is -2.32. The van der Waals surface area contributed by atoms with Crippen molar-refractivity contribution in [3.63, 3.8) is 0 Å². The van der Waals surface area contributed by atoms with Gasteiger partial charge in [-0.1, -0.05) is 79.0 Å². The van der Waals surface area contributed by atoms with Gasteiger partial charge in [0, 0.05) is 13.1 Å². The first-order valence-electron chi connectivity index (χ1n) is 12.6. The predicted octanol–water partition coefficient (Wildman–Crippen LogP) is 5.69. The van der Waals surface area contributed by atoms with Gasteiger partial charge in [0.15, 0.2) is 0 Å². The molecule has 0 bridgehead atoms. The van der Waals surface area contributed by atoms with Gasteiger partial charge in [-0.3, -0.25) is 13.9 Å². The maximum Gasteiger partial charge on any atom is 0.264 e. The Labute approximate surface area is 240 Å². The molecule has 3 aromatic rings. The van der Waals surface area contributed by atoms with Gasteiger partial charge in [-0.2, -0.15) is 0 Å². The number of sulfonamides is 1. The topological polar surface area (TPSA) is 86.8 Å². The largest absolute Gasteiger partial charge is 0.354 e. The second-order valence-corrected chi connectivity index (χ2v) is 12.4. The number of rotatable bonds is 11. The number of amides is 2. The van der Waals surface area contributed by atoms with Crippen LogP contribution in [0.15, 0.2) is 77.7 Å². The number of anilines is 1. The monoisotopic (exact) mass is 589 g/mol. The molecule has 10 heteroatoms. The summed E-state index contributed by atoms with van der Waals surface area (Å²) in [6, 6.07) is 18.9. The van der Waals surface area contributed by atoms with Gasteiger partial charge >= 0.3 is 0 Å². The molecule has 0 heterocycles. The summed E-state index contributed by atoms with van der Waals surface area (Å²) < 4.78 is 28.6. The van der Waals surface area contributed by atoms with Gasteiger partial charge in [-0.15, -0.1) is 0 Å². The average molecular weight is 591 g/mol. The van der Waals surface area contributed by atoms with Crippen molar-refractivity contribution in [2.75, 3.05) is 17.4 Å². The highest BCUT2D eigenvalue weighted by molar-refractivity contribution is 7.92. The highest BCUT2D eigenvalue weighted by Crippen LogP contribution is 2.26. The average Bonchev–Trinajstić information content (AvgIpc) is 2.91. The SMILES string of the molecule is Cc1ccc(N(CC(=O)N(Cc2ccc(Cl)c(Cl)c2)[C@H](C)C(=O)NCC(C)C)S(=O)(=O)c2ccccc2)cc1. The number of nitrogens with zero attached hydrogens (tertiary/aromatic N) is 2. The molecule has 0 radical (unpaired) electrons. The van der Waals surface area contributed by atoms with Gasteiger partial charge in [0.05, 0.1) is 20.6 Å². The fraction of sp³-hybridized carbons (Fsp3) is 0.310. The van der Waals surface area contributed by atoms with Crippen molar-refractivity contribution in [1.82, 2.24) is 10.2 Å². The molecule has 0 aliphatic rings. The van der Waals surface area contributed by atoms with Crippen LogP contribution in [-0.4, -0.2) is 44.3 Å². The van der Waals surface area contributed by atoms with E-state index in [1.165, 1.54) is 17.0 Å². The molecule has 0 aliphatic carbocycles. The summed E-state index contributed by atoms with van der Waals surface area (Å²) in [4.78, 5) is 28.3. The number of carbonyl (C=O) groups excluding carboxylic acids is 2. The quantitative estimate of drug-likeness (QED) is 0.311. The van der Waals surface area contributed by atoms with Gasteiger partial charge in [0.25, 0.3) is 10.0 Å². The third-order valence-corrected chi connectivity index (χ3v) is 8.65. The van der Waals surface area contributed by atoms with Crippen molar-refractivity contribution in [3.8, 4) is 0 Å². The maximum absolute atomic E-state index is 13.9. The highest BCUT2D eigenvalue weighted by atomic mass is 35.5. The molecule has 208 valence electrons. The van der Waals surface area contributed by atoms with Gasteiger partial charge in [-0.05, 0) is 61.7 Å². The Bertz CT molecular complexity index is 1400. The van der Waals surface area contributed by atoms with Crippen LogP contribution in [0, 0.1) is 12.8 Å². The zero-order chi connectivity index (χ0) is 28.7. The van der Waals surface area contributed by atoms with E-state index < -0.39 is 28.5 Å². The summed E-state index contributed by atoms with van der Waals surface area (Å²) in [7, 11) is -4.10. The third-order valence-electron chi connectivity index (χ3n) is 6.12. The predicted molar refractivity (Wildman–Crippen MR) is 156 cm³/mol. The van der Waals surface area contributed by atoms with Crippen LogP contribution in [0.4, 0.5) is 5.69 Å². The standard InChI is InChI=1S/C29H33Cl2N3O4S/c1-20(2)17-32-29(36)22(4)33(18-23-12-15-26(30)27(31)16-23)28(35)19-34(24-13-10-21(3)11-14-24)39(37,38)25-8-6-5-7-9-25/h5-16,20,22H,17-19H2,1-4H3,(H,32,36)/t22-/m1/s1. The number of carbonyl (C=O) groups is 2. The van der Waals surface area contributed by atoms with Crippen molar-refractivity contribution < 1.29 is 18.0 Å². The fourth-order valence-corrected chi connectivity index (χ4v) is 5.59. The molecule has 1 N–H and O–H groups in total. The molecule has 0 unspecified atom stereocenters. The summed E-state index contributed by atoms with van der Waals surface area (Å²) in [5.41, 5.74) is 1.93. The van der Waals surface area contributed by atoms with E-state index in [0.717, 1.165) is 9.87 Å². The van der Waals surface area contributed by atoms with Crippen LogP contribution >= 0.6 is 23.2 Å². The Hall–Kier alpha value is -3.07. The minimum absolute atomic E-state index is 0.0269. The first-order valence-corrected chi connectivity index (χ1v) is 14.7. The summed E-state index contributed by atoms with van der Waals surface area (Å²) in [6.45, 7) is 7.40. The van der Waals surface area contributed by atoms with E-state index in [1.807, 2.05) is 20.8 Å². The van der Waals surface area contributed by atoms with Crippen molar-refractivity contribution in [3.05, 3.63) is 94.0 Å². The molecular weight excluding hydrogens is 557 g/mol. The van der Waals surface area contributed by atoms with E-state index in [9.17, 15) is 18.0 Å². The summed E-state index contributed by atoms with van der Waals surface area (Å²) in [6.07, 6.45) is 0. The number of hydrogen-bond donors (Lipinski definition) is 1. The van der Waals surface area contributed by atoms with Crippen LogP contribution in [-0.2, 0) is 26.2 Å². The van der Waals surface area contributed by atoms with E-state index in [2.05, 4.69) is 5.32 Å². The summed E-state index contributed by atoms with van der Waals surface area (Å²) >= 11 is 12.3. The molecule has 0 spiro atoms. The second-order valence-electron chi connectivity index (χ2n) is 9.75. The molecule has 0 aromatic heterocycles. The maximum atomic E-state index is 13.9. The van der Waals surface area contributed by atoms with Crippen molar-refractivity contribution in [2.45, 2.75) is 45.2 Å². The molecule has 7 nitrogen and oxygen atoms in total. The smallest absolute Gasteiger partial charge is 0.264 e. The molecule has 0 fully saturated rings. The summed E-state index contributed by atoms with van der Waals surface area (Å²) in [5.74, 6) is -0.674. The Balaban J connectivity index is 2.01. The molecule has 0 aliphatic heterocycles. The van der Waals surface area contributed by atoms with Gasteiger partial charge in [0.2, 0.25) is 11.8 Å². The lowest BCUT2D eigenvalue weighted by Crippen LogP contribution is -2.51. The van der Waals surface area contributed by atoms with Crippen LogP contribution in [0.3, 0.4) is 0 Å². The number of nitrogens with one attached hydrogen (secondary N) is 1. The van der Waals surface area contributed by atoms with Gasteiger partial charge in [-0.25, -0.2) is 8.42 Å². The van der Waals surface area contributed by atoms with E-state index in [-0.39, 0.29) is 23.3 Å². The number of hydrogen-bond acceptors (Lipinski definition) is 4. The molecule has 1 atom stereocenters. The normalized spacial score (nSPS) is 12.2. The van der Waals surface area contributed by atoms with Gasteiger partial charge < -0.3 is 10.2 Å². The third kappa shape index (κ3) is 7.97. The zero-order valence-corrected chi connectivity index (χ0v) is 24.7. The lowest BCUT2D eigenvalue weighted by atomic mass is 10.1. The molecule has 0 saturated heterocycles. The first kappa shape index (κ1) is 30.5. The van der Waals surface area contributed by atoms with Crippen LogP contribution in [0.2, 0.25) is 10.0 Å². The Morgan fingerprint density at radius 2 is 1.54 bits per heavy atom. The van der Waals surface area contributed by atoms with Crippen molar-refractivity contribution in [1.29, 1.82) is 0 Å². The van der Waals surface area contributed by atoms with Crippen molar-refractivity contribution >= 4 is 50.7 Å². The van der Waals surface area contributed by atoms with Crippen LogP contribution in [0.1, 0.15) is 31.9 Å². The Kier molecular flexibility index (Phi) is 10.4. The van der Waals surface area contributed by atoms with E-state index in [4.69, 9.17) is 23.2 Å². The van der Waals surface area contributed by atoms with E-state index >= 15 is 0 Å². The van der Waals surface area contributed by atoms with Gasteiger partial charge in [0.1, 0.15) is 12.6 Å². The number of halogens is 2. The van der Waals surface area contributed by atoms with Crippen LogP contribution in [0.5, 0.6) is 0 Å². The Morgan fingerprint density at radius 1 is 0.897 bits per heavy atom. The molecule has 2 amide bonds. The zero-order valence-electron chi connectivity index (χ0n) is 22.4. The summed E-state index contributed by atoms with van der Waals surface area (Å²) in [5, 5.41) is 3.53. The molecular formula is C29H33Cl2N3O4S. The Morgan fingerprint density at radius 3 is 2.13 bits per heavy atom. The van der Waals surface area contributed by atoms with Crippen molar-refractivity contribution in [2.24, 2.45) is 5.92 Å². The molecule has 3 rings (SSSR count). The lowest BCUT2D eigenvalue weighted by molar-refractivity contribution is -0.139. The molecule has 39 heavy (non-hydrogen) atoms. The number of aryl methyl sites for hydroxylation is 1. The minimum Gasteiger partial charge on any atom is -0.354 e. The second kappa shape index (κ2) is 13.3. The van der Waals surface area contributed by atoms with Crippen LogP contribution < -0.4 is 9.62 Å².